The van der Waals surface area contributed by atoms with Crippen molar-refractivity contribution < 1.29 is 14.4 Å². The summed E-state index contributed by atoms with van der Waals surface area (Å²) >= 11 is 0. The number of nitrogens with zero attached hydrogens (tertiary/aromatic N) is 3. The smallest absolute Gasteiger partial charge is 0.252 e. The summed E-state index contributed by atoms with van der Waals surface area (Å²) in [5, 5.41) is 13.2. The van der Waals surface area contributed by atoms with Gasteiger partial charge in [-0.05, 0) is 6.42 Å². The van der Waals surface area contributed by atoms with E-state index in [0.717, 1.165) is 13.0 Å². The first-order valence-electron chi connectivity index (χ1n) is 4.98. The summed E-state index contributed by atoms with van der Waals surface area (Å²) in [5.74, 6) is 1.14. The summed E-state index contributed by atoms with van der Waals surface area (Å²) in [6.45, 7) is 2.55. The van der Waals surface area contributed by atoms with Crippen molar-refractivity contribution in [1.82, 2.24) is 15.0 Å². The zero-order valence-electron chi connectivity index (χ0n) is 8.72. The Bertz CT molecular complexity index is 315. The second-order valence-corrected chi connectivity index (χ2v) is 3.71. The zero-order valence-corrected chi connectivity index (χ0v) is 8.72. The van der Waals surface area contributed by atoms with E-state index in [1.807, 2.05) is 0 Å². The zero-order chi connectivity index (χ0) is 10.7. The average Bonchev–Trinajstić information content (AvgIpc) is 2.78. The van der Waals surface area contributed by atoms with Crippen LogP contribution in [0.1, 0.15) is 18.1 Å². The standard InChI is InChI=1S/C9H15N3O3/c1-14-6-9-10-8(11-15-9)5-12-3-2-7(13)4-12/h7,13H,2-6H2,1H3. The van der Waals surface area contributed by atoms with Crippen LogP contribution in [-0.2, 0) is 17.9 Å². The van der Waals surface area contributed by atoms with Crippen LogP contribution < -0.4 is 0 Å². The molecule has 2 rings (SSSR count). The quantitative estimate of drug-likeness (QED) is 0.745. The van der Waals surface area contributed by atoms with Crippen LogP contribution in [0, 0.1) is 0 Å². The van der Waals surface area contributed by atoms with Crippen LogP contribution in [0.3, 0.4) is 0 Å². The van der Waals surface area contributed by atoms with Crippen LogP contribution in [0.15, 0.2) is 4.52 Å². The van der Waals surface area contributed by atoms with Crippen molar-refractivity contribution in [3.05, 3.63) is 11.7 Å². The van der Waals surface area contributed by atoms with Gasteiger partial charge in [-0.3, -0.25) is 4.90 Å². The Hall–Kier alpha value is -0.980. The molecule has 6 nitrogen and oxygen atoms in total. The van der Waals surface area contributed by atoms with Crippen LogP contribution in [-0.4, -0.2) is 46.5 Å². The van der Waals surface area contributed by atoms with Crippen LogP contribution >= 0.6 is 0 Å². The van der Waals surface area contributed by atoms with Crippen LogP contribution in [0.4, 0.5) is 0 Å². The van der Waals surface area contributed by atoms with Gasteiger partial charge in [0.05, 0.1) is 12.6 Å². The predicted octanol–water partition coefficient (Wildman–Crippen LogP) is -0.217. The third kappa shape index (κ3) is 2.74. The van der Waals surface area contributed by atoms with Crippen LogP contribution in [0.5, 0.6) is 0 Å². The Balaban J connectivity index is 1.87. The van der Waals surface area contributed by atoms with E-state index in [9.17, 15) is 5.11 Å². The molecule has 1 aliphatic rings. The minimum Gasteiger partial charge on any atom is -0.392 e. The van der Waals surface area contributed by atoms with Gasteiger partial charge < -0.3 is 14.4 Å². The van der Waals surface area contributed by atoms with Crippen molar-refractivity contribution in [2.24, 2.45) is 0 Å². The highest BCUT2D eigenvalue weighted by Gasteiger charge is 2.21. The number of hydrogen-bond acceptors (Lipinski definition) is 6. The number of rotatable bonds is 4. The second kappa shape index (κ2) is 4.69. The lowest BCUT2D eigenvalue weighted by molar-refractivity contribution is 0.151. The molecule has 84 valence electrons. The summed E-state index contributed by atoms with van der Waals surface area (Å²) in [5.41, 5.74) is 0. The lowest BCUT2D eigenvalue weighted by Gasteiger charge is -2.10. The second-order valence-electron chi connectivity index (χ2n) is 3.71. The monoisotopic (exact) mass is 213 g/mol. The maximum Gasteiger partial charge on any atom is 0.252 e. The fourth-order valence-corrected chi connectivity index (χ4v) is 1.69. The number of methoxy groups -OCH3 is 1. The lowest BCUT2D eigenvalue weighted by Crippen LogP contribution is -2.22. The summed E-state index contributed by atoms with van der Waals surface area (Å²) in [6.07, 6.45) is 0.610. The van der Waals surface area contributed by atoms with Crippen LogP contribution in [0.25, 0.3) is 0 Å². The highest BCUT2D eigenvalue weighted by atomic mass is 16.5. The number of ether oxygens (including phenoxy) is 1. The van der Waals surface area contributed by atoms with Gasteiger partial charge in [0.2, 0.25) is 0 Å². The lowest BCUT2D eigenvalue weighted by atomic mass is 10.3. The van der Waals surface area contributed by atoms with Crippen molar-refractivity contribution in [3.63, 3.8) is 0 Å². The number of aliphatic hydroxyl groups excluding tert-OH is 1. The maximum atomic E-state index is 9.34. The molecular weight excluding hydrogens is 198 g/mol. The molecule has 15 heavy (non-hydrogen) atoms. The predicted molar refractivity (Wildman–Crippen MR) is 50.9 cm³/mol. The van der Waals surface area contributed by atoms with Gasteiger partial charge in [0.15, 0.2) is 5.82 Å². The van der Waals surface area contributed by atoms with Crippen molar-refractivity contribution >= 4 is 0 Å². The number of β-amino-alcohol motifs (C(OH)–C–C–N with tert-alkyl or cyclic N) is 1. The van der Waals surface area contributed by atoms with E-state index in [0.29, 0.717) is 31.4 Å². The molecule has 0 bridgehead atoms. The molecule has 1 N–H and O–H groups in total. The molecule has 0 amide bonds. The summed E-state index contributed by atoms with van der Waals surface area (Å²) in [4.78, 5) is 6.27. The van der Waals surface area contributed by atoms with Gasteiger partial charge in [-0.15, -0.1) is 0 Å². The number of hydrogen-bond donors (Lipinski definition) is 1. The maximum absolute atomic E-state index is 9.34. The fourth-order valence-electron chi connectivity index (χ4n) is 1.69. The molecule has 1 aromatic heterocycles. The van der Waals surface area contributed by atoms with Gasteiger partial charge >= 0.3 is 0 Å². The van der Waals surface area contributed by atoms with Gasteiger partial charge in [0.25, 0.3) is 5.89 Å². The Kier molecular flexibility index (Phi) is 3.30. The summed E-state index contributed by atoms with van der Waals surface area (Å²) < 4.78 is 9.85. The fraction of sp³-hybridized carbons (Fsp3) is 0.778. The number of likely N-dealkylation sites (tertiary alicyclic amines) is 1. The van der Waals surface area contributed by atoms with E-state index in [1.165, 1.54) is 0 Å². The molecule has 6 heteroatoms. The van der Waals surface area contributed by atoms with E-state index in [-0.39, 0.29) is 6.10 Å². The molecule has 1 aromatic rings. The molecule has 0 spiro atoms. The molecule has 1 saturated heterocycles. The molecule has 0 radical (unpaired) electrons. The van der Waals surface area contributed by atoms with E-state index in [2.05, 4.69) is 15.0 Å². The minimum absolute atomic E-state index is 0.213. The van der Waals surface area contributed by atoms with E-state index in [4.69, 9.17) is 9.26 Å². The normalized spacial score (nSPS) is 22.4. The van der Waals surface area contributed by atoms with Gasteiger partial charge in [-0.25, -0.2) is 0 Å². The summed E-state index contributed by atoms with van der Waals surface area (Å²) in [6, 6.07) is 0. The highest BCUT2D eigenvalue weighted by Crippen LogP contribution is 2.11. The average molecular weight is 213 g/mol. The first-order chi connectivity index (χ1) is 7.28. The van der Waals surface area contributed by atoms with Crippen molar-refractivity contribution in [2.45, 2.75) is 25.7 Å². The molecule has 1 unspecified atom stereocenters. The molecule has 1 aliphatic heterocycles. The summed E-state index contributed by atoms with van der Waals surface area (Å²) in [7, 11) is 1.58. The Morgan fingerprint density at radius 3 is 3.20 bits per heavy atom. The van der Waals surface area contributed by atoms with E-state index in [1.54, 1.807) is 7.11 Å². The van der Waals surface area contributed by atoms with Crippen molar-refractivity contribution in [3.8, 4) is 0 Å². The molecule has 0 aromatic carbocycles. The Morgan fingerprint density at radius 1 is 1.67 bits per heavy atom. The molecular formula is C9H15N3O3. The molecule has 1 atom stereocenters. The molecule has 0 saturated carbocycles. The highest BCUT2D eigenvalue weighted by molar-refractivity contribution is 4.87. The topological polar surface area (TPSA) is 71.6 Å². The number of aromatic nitrogens is 2. The van der Waals surface area contributed by atoms with E-state index < -0.39 is 0 Å². The van der Waals surface area contributed by atoms with Gasteiger partial charge in [-0.2, -0.15) is 4.98 Å². The first-order valence-corrected chi connectivity index (χ1v) is 4.98. The molecule has 2 heterocycles. The Morgan fingerprint density at radius 2 is 2.53 bits per heavy atom. The first kappa shape index (κ1) is 10.5. The van der Waals surface area contributed by atoms with E-state index >= 15 is 0 Å². The Labute approximate surface area is 87.8 Å². The minimum atomic E-state index is -0.213. The third-order valence-corrected chi connectivity index (χ3v) is 2.39. The van der Waals surface area contributed by atoms with Crippen LogP contribution in [0.2, 0.25) is 0 Å². The van der Waals surface area contributed by atoms with Crippen molar-refractivity contribution in [2.75, 3.05) is 20.2 Å². The SMILES string of the molecule is COCc1nc(CN2CCC(O)C2)no1. The molecule has 0 aliphatic carbocycles. The van der Waals surface area contributed by atoms with Gasteiger partial charge in [0, 0.05) is 20.2 Å². The van der Waals surface area contributed by atoms with Gasteiger partial charge in [-0.1, -0.05) is 5.16 Å². The van der Waals surface area contributed by atoms with Gasteiger partial charge in [0.1, 0.15) is 6.61 Å². The number of aliphatic hydroxyl groups is 1. The molecule has 1 fully saturated rings. The largest absolute Gasteiger partial charge is 0.392 e. The third-order valence-electron chi connectivity index (χ3n) is 2.39. The van der Waals surface area contributed by atoms with Crippen molar-refractivity contribution in [1.29, 1.82) is 0 Å².